The normalized spacial score (nSPS) is 23.0. The number of hydrogen-bond acceptors (Lipinski definition) is 7. The first-order valence-electron chi connectivity index (χ1n) is 8.78. The molecule has 0 N–H and O–H groups in total. The minimum atomic E-state index is -4.51. The fourth-order valence-electron chi connectivity index (χ4n) is 2.40. The Morgan fingerprint density at radius 3 is 2.28 bits per heavy atom. The topological polar surface area (TPSA) is 92.7 Å². The van der Waals surface area contributed by atoms with Crippen LogP contribution in [0.25, 0.3) is 0 Å². The monoisotopic (exact) mass is 402 g/mol. The van der Waals surface area contributed by atoms with E-state index in [0.29, 0.717) is 6.42 Å². The van der Waals surface area contributed by atoms with E-state index in [9.17, 15) is 19.0 Å². The van der Waals surface area contributed by atoms with E-state index in [1.807, 2.05) is 0 Å². The molecule has 0 aromatic rings. The molecule has 1 aliphatic rings. The van der Waals surface area contributed by atoms with E-state index >= 15 is 0 Å². The van der Waals surface area contributed by atoms with Crippen LogP contribution in [0.15, 0.2) is 0 Å². The van der Waals surface area contributed by atoms with E-state index in [0.717, 1.165) is 31.0 Å². The molecule has 9 heteroatoms. The second kappa shape index (κ2) is 14.7. The summed E-state index contributed by atoms with van der Waals surface area (Å²) in [5.41, 5.74) is -1.34. The first-order chi connectivity index (χ1) is 11.5. The Bertz CT molecular complexity index is 448. The Labute approximate surface area is 177 Å². The molecule has 140 valence electrons. The van der Waals surface area contributed by atoms with E-state index in [4.69, 9.17) is 4.74 Å². The van der Waals surface area contributed by atoms with E-state index in [-0.39, 0.29) is 47.0 Å². The van der Waals surface area contributed by atoms with Gasteiger partial charge in [-0.15, -0.1) is 0 Å². The quantitative estimate of drug-likeness (QED) is 0.276. The molecule has 1 saturated heterocycles. The maximum Gasteiger partial charge on any atom is 1.00 e. The van der Waals surface area contributed by atoms with Gasteiger partial charge in [-0.1, -0.05) is 70.1 Å². The van der Waals surface area contributed by atoms with Crippen molar-refractivity contribution < 1.29 is 57.9 Å². The number of carbonyl (C=O) groups is 2. The average molecular weight is 402 g/mol. The molecule has 0 amide bonds. The molecule has 6 nitrogen and oxygen atoms in total. The minimum Gasteiger partial charge on any atom is -0.770 e. The van der Waals surface area contributed by atoms with Crippen molar-refractivity contribution in [2.75, 3.05) is 12.4 Å². The third-order valence-electron chi connectivity index (χ3n) is 3.84. The zero-order valence-corrected chi connectivity index (χ0v) is 19.1. The number of carbonyl (C=O) groups excluding carboxylic acids is 2. The van der Waals surface area contributed by atoms with Crippen molar-refractivity contribution in [1.29, 1.82) is 0 Å². The standard InChI is InChI=1S/C16H29O6PS.Na/c1-2-3-4-5-6-7-8-9-10-11-15(17)24-13-14-12-21-23(19,20)16(18)22-14;/h14H,2-13H2,1H3,(H,19,20);/q;+1/p-1. The minimum absolute atomic E-state index is 0. The van der Waals surface area contributed by atoms with Crippen LogP contribution in [-0.2, 0) is 18.6 Å². The van der Waals surface area contributed by atoms with Crippen LogP contribution >= 0.6 is 19.4 Å². The molecule has 2 unspecified atom stereocenters. The Morgan fingerprint density at radius 2 is 1.72 bits per heavy atom. The molecule has 25 heavy (non-hydrogen) atoms. The van der Waals surface area contributed by atoms with Crippen molar-refractivity contribution in [3.8, 4) is 0 Å². The van der Waals surface area contributed by atoms with Crippen molar-refractivity contribution in [2.24, 2.45) is 0 Å². The Kier molecular flexibility index (Phi) is 15.0. The number of rotatable bonds is 12. The molecule has 1 fully saturated rings. The summed E-state index contributed by atoms with van der Waals surface area (Å²) in [6.45, 7) is 2.01. The van der Waals surface area contributed by atoms with Gasteiger partial charge in [-0.3, -0.25) is 9.36 Å². The number of thioether (sulfide) groups is 1. The molecule has 1 aliphatic heterocycles. The van der Waals surface area contributed by atoms with Gasteiger partial charge in [-0.25, -0.2) is 4.79 Å². The molecule has 0 bridgehead atoms. The maximum absolute atomic E-state index is 11.8. The van der Waals surface area contributed by atoms with Gasteiger partial charge in [-0.05, 0) is 6.42 Å². The molecule has 0 aromatic carbocycles. The fraction of sp³-hybridized carbons (Fsp3) is 0.875. The van der Waals surface area contributed by atoms with Gasteiger partial charge in [0.05, 0.1) is 6.61 Å². The molecule has 0 spiro atoms. The van der Waals surface area contributed by atoms with Crippen LogP contribution in [0, 0.1) is 0 Å². The Hall–Kier alpha value is 0.640. The Balaban J connectivity index is 0.00000576. The predicted octanol–water partition coefficient (Wildman–Crippen LogP) is 1.26. The molecule has 0 saturated carbocycles. The molecular formula is C16H28NaO6PS. The second-order valence-electron chi connectivity index (χ2n) is 6.06. The SMILES string of the molecule is CCCCCCCCCCCC(=O)SCC1COP(=O)([O-])C(=O)O1.[Na+]. The van der Waals surface area contributed by atoms with Crippen molar-refractivity contribution in [2.45, 2.75) is 77.2 Å². The fourth-order valence-corrected chi connectivity index (χ4v) is 3.97. The largest absolute Gasteiger partial charge is 1.00 e. The predicted molar refractivity (Wildman–Crippen MR) is 93.1 cm³/mol. The number of ether oxygens (including phenoxy) is 1. The van der Waals surface area contributed by atoms with Gasteiger partial charge in [-0.2, -0.15) is 0 Å². The van der Waals surface area contributed by atoms with Gasteiger partial charge in [0.1, 0.15) is 6.10 Å². The van der Waals surface area contributed by atoms with Gasteiger partial charge in [0.2, 0.25) is 7.60 Å². The molecule has 1 heterocycles. The summed E-state index contributed by atoms with van der Waals surface area (Å²) in [6, 6.07) is 0. The molecular weight excluding hydrogens is 374 g/mol. The van der Waals surface area contributed by atoms with Crippen LogP contribution < -0.4 is 34.5 Å². The number of cyclic esters (lactones) is 1. The smallest absolute Gasteiger partial charge is 0.770 e. The Morgan fingerprint density at radius 1 is 1.16 bits per heavy atom. The molecule has 0 radical (unpaired) electrons. The van der Waals surface area contributed by atoms with Gasteiger partial charge >= 0.3 is 35.3 Å². The summed E-state index contributed by atoms with van der Waals surface area (Å²) in [6.07, 6.45) is 10.6. The van der Waals surface area contributed by atoms with Crippen molar-refractivity contribution in [3.63, 3.8) is 0 Å². The van der Waals surface area contributed by atoms with Crippen LogP contribution in [0.1, 0.15) is 71.1 Å². The summed E-state index contributed by atoms with van der Waals surface area (Å²) in [5.74, 6) is 0.238. The summed E-state index contributed by atoms with van der Waals surface area (Å²) in [4.78, 5) is 33.9. The number of unbranched alkanes of at least 4 members (excludes halogenated alkanes) is 8. The van der Waals surface area contributed by atoms with E-state index in [2.05, 4.69) is 11.4 Å². The molecule has 1 rings (SSSR count). The first kappa shape index (κ1) is 25.6. The van der Waals surface area contributed by atoms with Crippen LogP contribution in [0.4, 0.5) is 4.79 Å². The zero-order valence-electron chi connectivity index (χ0n) is 15.4. The van der Waals surface area contributed by atoms with Gasteiger partial charge < -0.3 is 14.2 Å². The van der Waals surface area contributed by atoms with E-state index < -0.39 is 19.4 Å². The van der Waals surface area contributed by atoms with Crippen molar-refractivity contribution in [1.82, 2.24) is 0 Å². The van der Waals surface area contributed by atoms with Gasteiger partial charge in [0.15, 0.2) is 5.12 Å². The van der Waals surface area contributed by atoms with Crippen LogP contribution in [-0.4, -0.2) is 29.3 Å². The second-order valence-corrected chi connectivity index (χ2v) is 8.76. The summed E-state index contributed by atoms with van der Waals surface area (Å²) in [5, 5.41) is 0.0462. The summed E-state index contributed by atoms with van der Waals surface area (Å²) >= 11 is 1.07. The molecule has 0 aliphatic carbocycles. The average Bonchev–Trinajstić information content (AvgIpc) is 2.54. The van der Waals surface area contributed by atoms with Gasteiger partial charge in [0, 0.05) is 12.2 Å². The third-order valence-corrected chi connectivity index (χ3v) is 5.94. The van der Waals surface area contributed by atoms with Crippen LogP contribution in [0.3, 0.4) is 0 Å². The summed E-state index contributed by atoms with van der Waals surface area (Å²) in [7, 11) is -4.51. The molecule has 2 atom stereocenters. The maximum atomic E-state index is 11.8. The van der Waals surface area contributed by atoms with E-state index in [1.54, 1.807) is 0 Å². The third kappa shape index (κ3) is 11.9. The first-order valence-corrected chi connectivity index (χ1v) is 11.3. The van der Waals surface area contributed by atoms with E-state index in [1.165, 1.54) is 38.5 Å². The van der Waals surface area contributed by atoms with Crippen molar-refractivity contribution >= 4 is 30.2 Å². The van der Waals surface area contributed by atoms with Crippen LogP contribution in [0.2, 0.25) is 0 Å². The van der Waals surface area contributed by atoms with Crippen LogP contribution in [0.5, 0.6) is 0 Å². The molecule has 0 aromatic heterocycles. The summed E-state index contributed by atoms with van der Waals surface area (Å²) < 4.78 is 20.2. The zero-order chi connectivity index (χ0) is 17.8. The number of hydrogen-bond donors (Lipinski definition) is 0. The van der Waals surface area contributed by atoms with Gasteiger partial charge in [0.25, 0.3) is 0 Å². The van der Waals surface area contributed by atoms with Crippen molar-refractivity contribution in [3.05, 3.63) is 0 Å².